The number of benzene rings is 1. The molecule has 0 saturated carbocycles. The molecule has 0 radical (unpaired) electrons. The summed E-state index contributed by atoms with van der Waals surface area (Å²) in [7, 11) is 0. The fourth-order valence-electron chi connectivity index (χ4n) is 2.18. The molecule has 1 fully saturated rings. The third-order valence-electron chi connectivity index (χ3n) is 3.05. The van der Waals surface area contributed by atoms with Crippen molar-refractivity contribution in [2.75, 3.05) is 13.1 Å². The van der Waals surface area contributed by atoms with Crippen molar-refractivity contribution in [2.45, 2.75) is 18.8 Å². The average molecular weight is 242 g/mol. The lowest BCUT2D eigenvalue weighted by molar-refractivity contribution is -0.387. The van der Waals surface area contributed by atoms with Gasteiger partial charge in [-0.15, -0.1) is 0 Å². The number of nitrogens with zero attached hydrogens (tertiary/aromatic N) is 1. The van der Waals surface area contributed by atoms with E-state index in [1.54, 1.807) is 0 Å². The Bertz CT molecular complexity index is 445. The van der Waals surface area contributed by atoms with E-state index in [4.69, 9.17) is 0 Å². The number of nitro benzene ring substituents is 1. The molecular formula is C11H12F2N2O2. The molecule has 92 valence electrons. The number of hydrogen-bond donors (Lipinski definition) is 1. The second kappa shape index (κ2) is 4.75. The van der Waals surface area contributed by atoms with Crippen molar-refractivity contribution in [3.63, 3.8) is 0 Å². The maximum Gasteiger partial charge on any atom is 0.305 e. The van der Waals surface area contributed by atoms with Gasteiger partial charge < -0.3 is 5.32 Å². The molecule has 0 unspecified atom stereocenters. The van der Waals surface area contributed by atoms with Crippen LogP contribution in [0.5, 0.6) is 0 Å². The second-order valence-electron chi connectivity index (χ2n) is 4.08. The minimum absolute atomic E-state index is 0.138. The molecule has 2 rings (SSSR count). The zero-order valence-corrected chi connectivity index (χ0v) is 9.08. The number of piperidine rings is 1. The third-order valence-corrected chi connectivity index (χ3v) is 3.05. The Morgan fingerprint density at radius 3 is 2.53 bits per heavy atom. The van der Waals surface area contributed by atoms with Gasteiger partial charge in [0.25, 0.3) is 0 Å². The summed E-state index contributed by atoms with van der Waals surface area (Å²) in [6.07, 6.45) is 1.18. The summed E-state index contributed by atoms with van der Waals surface area (Å²) >= 11 is 0. The van der Waals surface area contributed by atoms with E-state index in [2.05, 4.69) is 5.32 Å². The second-order valence-corrected chi connectivity index (χ2v) is 4.08. The molecular weight excluding hydrogens is 230 g/mol. The summed E-state index contributed by atoms with van der Waals surface area (Å²) in [5, 5.41) is 13.7. The van der Waals surface area contributed by atoms with E-state index in [1.165, 1.54) is 0 Å². The lowest BCUT2D eigenvalue weighted by Gasteiger charge is -2.23. The topological polar surface area (TPSA) is 55.2 Å². The van der Waals surface area contributed by atoms with Crippen LogP contribution in [0.25, 0.3) is 0 Å². The van der Waals surface area contributed by atoms with Gasteiger partial charge in [-0.2, -0.15) is 4.39 Å². The van der Waals surface area contributed by atoms with E-state index in [0.29, 0.717) is 25.9 Å². The van der Waals surface area contributed by atoms with Crippen LogP contribution in [0.1, 0.15) is 24.3 Å². The molecule has 0 atom stereocenters. The van der Waals surface area contributed by atoms with Crippen LogP contribution in [0.3, 0.4) is 0 Å². The highest BCUT2D eigenvalue weighted by atomic mass is 19.1. The molecule has 17 heavy (non-hydrogen) atoms. The quantitative estimate of drug-likeness (QED) is 0.639. The van der Waals surface area contributed by atoms with Gasteiger partial charge in [-0.3, -0.25) is 10.1 Å². The predicted molar refractivity (Wildman–Crippen MR) is 57.9 cm³/mol. The molecule has 1 N–H and O–H groups in total. The summed E-state index contributed by atoms with van der Waals surface area (Å²) in [6, 6.07) is 1.84. The fourth-order valence-corrected chi connectivity index (χ4v) is 2.18. The first-order chi connectivity index (χ1) is 8.11. The number of rotatable bonds is 2. The van der Waals surface area contributed by atoms with Crippen LogP contribution in [0, 0.1) is 21.7 Å². The van der Waals surface area contributed by atoms with Gasteiger partial charge in [0, 0.05) is 11.6 Å². The lowest BCUT2D eigenvalue weighted by Crippen LogP contribution is -2.27. The summed E-state index contributed by atoms with van der Waals surface area (Å²) in [4.78, 5) is 9.78. The van der Waals surface area contributed by atoms with Crippen LogP contribution in [0.2, 0.25) is 0 Å². The number of nitrogens with one attached hydrogen (secondary N) is 1. The Kier molecular flexibility index (Phi) is 3.33. The summed E-state index contributed by atoms with van der Waals surface area (Å²) in [6.45, 7) is 1.35. The molecule has 0 bridgehead atoms. The summed E-state index contributed by atoms with van der Waals surface area (Å²) < 4.78 is 27.5. The van der Waals surface area contributed by atoms with E-state index in [9.17, 15) is 18.9 Å². The molecule has 1 aromatic rings. The molecule has 0 amide bonds. The Morgan fingerprint density at radius 1 is 1.29 bits per heavy atom. The number of halogens is 2. The van der Waals surface area contributed by atoms with Gasteiger partial charge in [0.1, 0.15) is 5.82 Å². The summed E-state index contributed by atoms with van der Waals surface area (Å²) in [5.41, 5.74) is -0.791. The van der Waals surface area contributed by atoms with Gasteiger partial charge >= 0.3 is 5.69 Å². The highest BCUT2D eigenvalue weighted by Crippen LogP contribution is 2.33. The van der Waals surface area contributed by atoms with Gasteiger partial charge in [0.05, 0.1) is 4.92 Å². The highest BCUT2D eigenvalue weighted by molar-refractivity contribution is 5.39. The lowest BCUT2D eigenvalue weighted by atomic mass is 9.89. The van der Waals surface area contributed by atoms with Crippen LogP contribution in [0.4, 0.5) is 14.5 Å². The molecule has 1 heterocycles. The van der Waals surface area contributed by atoms with E-state index >= 15 is 0 Å². The van der Waals surface area contributed by atoms with Crippen molar-refractivity contribution in [3.05, 3.63) is 39.4 Å². The Labute approximate surface area is 96.8 Å². The molecule has 6 heteroatoms. The normalized spacial score (nSPS) is 17.1. The fraction of sp³-hybridized carbons (Fsp3) is 0.455. The Hall–Kier alpha value is -1.56. The minimum Gasteiger partial charge on any atom is -0.317 e. The largest absolute Gasteiger partial charge is 0.317 e. The minimum atomic E-state index is -1.03. The maximum atomic E-state index is 13.9. The maximum absolute atomic E-state index is 13.9. The van der Waals surface area contributed by atoms with Gasteiger partial charge in [0.2, 0.25) is 5.82 Å². The van der Waals surface area contributed by atoms with Crippen molar-refractivity contribution in [3.8, 4) is 0 Å². The zero-order chi connectivity index (χ0) is 12.4. The van der Waals surface area contributed by atoms with E-state index in [0.717, 1.165) is 12.1 Å². The monoisotopic (exact) mass is 242 g/mol. The first-order valence-electron chi connectivity index (χ1n) is 5.44. The standard InChI is InChI=1S/C11H12F2N2O2/c12-8-1-2-9(15(16)17)11(13)10(8)7-3-5-14-6-4-7/h1-2,7,14H,3-6H2. The molecule has 0 aromatic heterocycles. The first-order valence-corrected chi connectivity index (χ1v) is 5.44. The van der Waals surface area contributed by atoms with Crippen LogP contribution < -0.4 is 5.32 Å². The molecule has 1 saturated heterocycles. The summed E-state index contributed by atoms with van der Waals surface area (Å²) in [5.74, 6) is -2.00. The Balaban J connectivity index is 2.43. The number of nitro groups is 1. The van der Waals surface area contributed by atoms with Crippen LogP contribution in [-0.4, -0.2) is 18.0 Å². The SMILES string of the molecule is O=[N+]([O-])c1ccc(F)c(C2CCNCC2)c1F. The molecule has 1 aliphatic rings. The molecule has 1 aromatic carbocycles. The average Bonchev–Trinajstić information content (AvgIpc) is 2.30. The van der Waals surface area contributed by atoms with Gasteiger partial charge in [-0.05, 0) is 37.9 Å². The first kappa shape index (κ1) is 11.9. The van der Waals surface area contributed by atoms with Crippen molar-refractivity contribution in [2.24, 2.45) is 0 Å². The van der Waals surface area contributed by atoms with Gasteiger partial charge in [0.15, 0.2) is 0 Å². The zero-order valence-electron chi connectivity index (χ0n) is 9.08. The van der Waals surface area contributed by atoms with E-state index in [-0.39, 0.29) is 11.5 Å². The highest BCUT2D eigenvalue weighted by Gasteiger charge is 2.27. The third kappa shape index (κ3) is 2.26. The smallest absolute Gasteiger partial charge is 0.305 e. The van der Waals surface area contributed by atoms with Crippen LogP contribution >= 0.6 is 0 Å². The van der Waals surface area contributed by atoms with Crippen molar-refractivity contribution in [1.82, 2.24) is 5.32 Å². The van der Waals surface area contributed by atoms with Crippen LogP contribution in [-0.2, 0) is 0 Å². The van der Waals surface area contributed by atoms with Crippen molar-refractivity contribution >= 4 is 5.69 Å². The number of hydrogen-bond acceptors (Lipinski definition) is 3. The van der Waals surface area contributed by atoms with Gasteiger partial charge in [-0.1, -0.05) is 0 Å². The Morgan fingerprint density at radius 2 is 1.94 bits per heavy atom. The van der Waals surface area contributed by atoms with Crippen molar-refractivity contribution in [1.29, 1.82) is 0 Å². The molecule has 1 aliphatic heterocycles. The molecule has 0 aliphatic carbocycles. The molecule has 4 nitrogen and oxygen atoms in total. The van der Waals surface area contributed by atoms with E-state index in [1.807, 2.05) is 0 Å². The van der Waals surface area contributed by atoms with Gasteiger partial charge in [-0.25, -0.2) is 4.39 Å². The van der Waals surface area contributed by atoms with E-state index < -0.39 is 22.2 Å². The van der Waals surface area contributed by atoms with Crippen molar-refractivity contribution < 1.29 is 13.7 Å². The predicted octanol–water partition coefficient (Wildman–Crippen LogP) is 2.34. The molecule has 0 spiro atoms. The van der Waals surface area contributed by atoms with Crippen LogP contribution in [0.15, 0.2) is 12.1 Å².